The molecule has 25 heavy (non-hydrogen) atoms. The molecule has 4 rings (SSSR count). The van der Waals surface area contributed by atoms with Crippen LogP contribution in [-0.2, 0) is 6.42 Å². The first-order chi connectivity index (χ1) is 11.9. The van der Waals surface area contributed by atoms with E-state index in [0.29, 0.717) is 11.6 Å². The first-order valence-corrected chi connectivity index (χ1v) is 8.36. The van der Waals surface area contributed by atoms with Gasteiger partial charge in [0.15, 0.2) is 0 Å². The standard InChI is InChI=1S/C19H19N3O3/c1-9(2)11-8-14-16(20-17-10(3)5-4-6-22(14)17)15-12(11)7-13(19(24)25)18(23)21-15/h4-7,9,11H,8H2,1-3H3,(H,21,23)(H,24,25). The summed E-state index contributed by atoms with van der Waals surface area (Å²) in [5.74, 6) is -0.782. The highest BCUT2D eigenvalue weighted by Gasteiger charge is 2.32. The molecule has 0 fully saturated rings. The Morgan fingerprint density at radius 1 is 1.44 bits per heavy atom. The summed E-state index contributed by atoms with van der Waals surface area (Å²) in [6.07, 6.45) is 2.75. The highest BCUT2D eigenvalue weighted by atomic mass is 16.4. The van der Waals surface area contributed by atoms with Crippen molar-refractivity contribution in [1.29, 1.82) is 0 Å². The third-order valence-corrected chi connectivity index (χ3v) is 5.10. The van der Waals surface area contributed by atoms with Crippen LogP contribution in [0.2, 0.25) is 0 Å². The Morgan fingerprint density at radius 2 is 2.20 bits per heavy atom. The third kappa shape index (κ3) is 2.21. The summed E-state index contributed by atoms with van der Waals surface area (Å²) in [7, 11) is 0. The fourth-order valence-corrected chi connectivity index (χ4v) is 3.75. The van der Waals surface area contributed by atoms with Gasteiger partial charge in [-0.25, -0.2) is 9.78 Å². The summed E-state index contributed by atoms with van der Waals surface area (Å²) in [5, 5.41) is 9.30. The number of pyridine rings is 2. The minimum Gasteiger partial charge on any atom is -0.477 e. The molecule has 2 N–H and O–H groups in total. The number of carboxylic acid groups (broad SMARTS) is 1. The Balaban J connectivity index is 2.08. The number of H-pyrrole nitrogens is 1. The molecule has 6 nitrogen and oxygen atoms in total. The first kappa shape index (κ1) is 15.6. The van der Waals surface area contributed by atoms with E-state index < -0.39 is 11.5 Å². The smallest absolute Gasteiger partial charge is 0.341 e. The summed E-state index contributed by atoms with van der Waals surface area (Å²) in [6.45, 7) is 6.23. The molecule has 1 aliphatic rings. The SMILES string of the molecule is Cc1cccn2c3c(nc12)-c1[nH]c(=O)c(C(=O)O)cc1C(C(C)C)C3. The highest BCUT2D eigenvalue weighted by Crippen LogP contribution is 2.41. The second-order valence-corrected chi connectivity index (χ2v) is 6.99. The van der Waals surface area contributed by atoms with E-state index in [1.807, 2.05) is 25.3 Å². The average molecular weight is 337 g/mol. The van der Waals surface area contributed by atoms with E-state index in [2.05, 4.69) is 23.2 Å². The number of rotatable bonds is 2. The Bertz CT molecular complexity index is 1080. The second-order valence-electron chi connectivity index (χ2n) is 6.99. The van der Waals surface area contributed by atoms with Crippen LogP contribution >= 0.6 is 0 Å². The van der Waals surface area contributed by atoms with E-state index in [-0.39, 0.29) is 11.5 Å². The minimum absolute atomic E-state index is 0.123. The van der Waals surface area contributed by atoms with Gasteiger partial charge in [-0.3, -0.25) is 4.79 Å². The first-order valence-electron chi connectivity index (χ1n) is 8.36. The number of aryl methyl sites for hydroxylation is 1. The van der Waals surface area contributed by atoms with Crippen LogP contribution in [0.15, 0.2) is 29.2 Å². The highest BCUT2D eigenvalue weighted by molar-refractivity contribution is 5.88. The third-order valence-electron chi connectivity index (χ3n) is 5.10. The number of nitrogens with zero attached hydrogens (tertiary/aromatic N) is 2. The van der Waals surface area contributed by atoms with Gasteiger partial charge in [0.2, 0.25) is 0 Å². The van der Waals surface area contributed by atoms with Gasteiger partial charge in [-0.15, -0.1) is 0 Å². The van der Waals surface area contributed by atoms with E-state index in [9.17, 15) is 14.7 Å². The number of carbonyl (C=O) groups is 1. The van der Waals surface area contributed by atoms with Crippen molar-refractivity contribution in [2.24, 2.45) is 5.92 Å². The van der Waals surface area contributed by atoms with Crippen molar-refractivity contribution in [2.45, 2.75) is 33.1 Å². The van der Waals surface area contributed by atoms with Gasteiger partial charge < -0.3 is 14.5 Å². The topological polar surface area (TPSA) is 87.5 Å². The quantitative estimate of drug-likeness (QED) is 0.752. The molecule has 0 saturated carbocycles. The minimum atomic E-state index is -1.21. The average Bonchev–Trinajstić information content (AvgIpc) is 2.93. The van der Waals surface area contributed by atoms with E-state index >= 15 is 0 Å². The number of aromatic carboxylic acids is 1. The Labute approximate surface area is 144 Å². The molecule has 128 valence electrons. The normalized spacial score (nSPS) is 16.1. The van der Waals surface area contributed by atoms with Crippen LogP contribution in [0, 0.1) is 12.8 Å². The molecule has 0 amide bonds. The largest absolute Gasteiger partial charge is 0.477 e. The molecule has 1 unspecified atom stereocenters. The number of nitrogens with one attached hydrogen (secondary N) is 1. The molecule has 0 radical (unpaired) electrons. The molecular weight excluding hydrogens is 318 g/mol. The number of imidazole rings is 1. The van der Waals surface area contributed by atoms with Gasteiger partial charge >= 0.3 is 5.97 Å². The van der Waals surface area contributed by atoms with Crippen molar-refractivity contribution in [3.05, 3.63) is 57.1 Å². The number of hydrogen-bond acceptors (Lipinski definition) is 3. The molecule has 0 bridgehead atoms. The van der Waals surface area contributed by atoms with Crippen LogP contribution in [0.25, 0.3) is 17.0 Å². The summed E-state index contributed by atoms with van der Waals surface area (Å²) >= 11 is 0. The zero-order valence-corrected chi connectivity index (χ0v) is 14.3. The van der Waals surface area contributed by atoms with E-state index in [0.717, 1.165) is 34.6 Å². The van der Waals surface area contributed by atoms with Crippen molar-refractivity contribution < 1.29 is 9.90 Å². The Hall–Kier alpha value is -2.89. The lowest BCUT2D eigenvalue weighted by molar-refractivity contribution is 0.0694. The lowest BCUT2D eigenvalue weighted by atomic mass is 9.79. The predicted molar refractivity (Wildman–Crippen MR) is 94.2 cm³/mol. The Kier molecular flexibility index (Phi) is 3.32. The molecule has 3 heterocycles. The number of carboxylic acids is 1. The summed E-state index contributed by atoms with van der Waals surface area (Å²) < 4.78 is 2.08. The number of aromatic amines is 1. The van der Waals surface area contributed by atoms with Crippen molar-refractivity contribution >= 4 is 11.6 Å². The molecule has 0 spiro atoms. The van der Waals surface area contributed by atoms with E-state index in [1.165, 1.54) is 6.07 Å². The second kappa shape index (κ2) is 5.31. The maximum absolute atomic E-state index is 12.2. The zero-order valence-electron chi connectivity index (χ0n) is 14.3. The monoisotopic (exact) mass is 337 g/mol. The molecule has 3 aromatic rings. The van der Waals surface area contributed by atoms with Gasteiger partial charge in [-0.2, -0.15) is 0 Å². The fraction of sp³-hybridized carbons (Fsp3) is 0.316. The lowest BCUT2D eigenvalue weighted by Crippen LogP contribution is -2.25. The van der Waals surface area contributed by atoms with Gasteiger partial charge in [-0.1, -0.05) is 19.9 Å². The van der Waals surface area contributed by atoms with Crippen LogP contribution in [0.4, 0.5) is 0 Å². The fourth-order valence-electron chi connectivity index (χ4n) is 3.75. The van der Waals surface area contributed by atoms with Gasteiger partial charge in [0.1, 0.15) is 16.9 Å². The molecule has 6 heteroatoms. The number of aromatic nitrogens is 3. The molecule has 1 aliphatic carbocycles. The Morgan fingerprint density at radius 3 is 2.88 bits per heavy atom. The summed E-state index contributed by atoms with van der Waals surface area (Å²) in [4.78, 5) is 31.1. The summed E-state index contributed by atoms with van der Waals surface area (Å²) in [6, 6.07) is 5.52. The van der Waals surface area contributed by atoms with Crippen LogP contribution in [0.5, 0.6) is 0 Å². The van der Waals surface area contributed by atoms with Crippen LogP contribution in [-0.4, -0.2) is 25.4 Å². The zero-order chi connectivity index (χ0) is 17.9. The number of fused-ring (bicyclic) bond motifs is 5. The molecule has 3 aromatic heterocycles. The van der Waals surface area contributed by atoms with Crippen LogP contribution < -0.4 is 5.56 Å². The van der Waals surface area contributed by atoms with Crippen molar-refractivity contribution in [2.75, 3.05) is 0 Å². The predicted octanol–water partition coefficient (Wildman–Crippen LogP) is 2.99. The maximum atomic E-state index is 12.2. The van der Waals surface area contributed by atoms with Crippen LogP contribution in [0.1, 0.15) is 46.9 Å². The van der Waals surface area contributed by atoms with Gasteiger partial charge in [-0.05, 0) is 48.4 Å². The molecule has 0 saturated heterocycles. The maximum Gasteiger partial charge on any atom is 0.341 e. The van der Waals surface area contributed by atoms with Crippen molar-refractivity contribution in [1.82, 2.24) is 14.4 Å². The van der Waals surface area contributed by atoms with E-state index in [4.69, 9.17) is 4.98 Å². The van der Waals surface area contributed by atoms with Crippen molar-refractivity contribution in [3.8, 4) is 11.4 Å². The van der Waals surface area contributed by atoms with Crippen LogP contribution in [0.3, 0.4) is 0 Å². The van der Waals surface area contributed by atoms with Gasteiger partial charge in [0, 0.05) is 6.20 Å². The molecule has 1 atom stereocenters. The van der Waals surface area contributed by atoms with Gasteiger partial charge in [0.25, 0.3) is 5.56 Å². The molecule has 0 aliphatic heterocycles. The molecule has 0 aromatic carbocycles. The van der Waals surface area contributed by atoms with E-state index in [1.54, 1.807) is 0 Å². The van der Waals surface area contributed by atoms with Crippen molar-refractivity contribution in [3.63, 3.8) is 0 Å². The molecular formula is C19H19N3O3. The lowest BCUT2D eigenvalue weighted by Gasteiger charge is -2.28. The van der Waals surface area contributed by atoms with Gasteiger partial charge in [0.05, 0.1) is 11.4 Å². The number of hydrogen-bond donors (Lipinski definition) is 2. The summed E-state index contributed by atoms with van der Waals surface area (Å²) in [5.41, 5.74) is 4.44.